The largest absolute Gasteiger partial charge is 0.347 e. The van der Waals surface area contributed by atoms with Gasteiger partial charge in [0, 0.05) is 23.3 Å². The van der Waals surface area contributed by atoms with Crippen molar-refractivity contribution in [3.8, 4) is 0 Å². The van der Waals surface area contributed by atoms with Crippen molar-refractivity contribution in [2.45, 2.75) is 13.0 Å². The Morgan fingerprint density at radius 2 is 2.53 bits per heavy atom. The minimum atomic E-state index is -0.123. The normalized spacial score (nSPS) is 12.8. The minimum Gasteiger partial charge on any atom is -0.347 e. The second kappa shape index (κ2) is 5.45. The van der Waals surface area contributed by atoms with Crippen LogP contribution in [0.3, 0.4) is 0 Å². The van der Waals surface area contributed by atoms with Crippen LogP contribution in [0.1, 0.15) is 23.7 Å². The van der Waals surface area contributed by atoms with Crippen LogP contribution in [-0.4, -0.2) is 15.9 Å². The third-order valence-corrected chi connectivity index (χ3v) is 3.07. The Morgan fingerprint density at radius 1 is 1.65 bits per heavy atom. The molecular formula is C12H13N3OS. The van der Waals surface area contributed by atoms with Crippen LogP contribution in [0.2, 0.25) is 0 Å². The van der Waals surface area contributed by atoms with E-state index in [2.05, 4.69) is 15.3 Å². The standard InChI is InChI=1S/C12H13N3OS/c1-9(12-13-6-7-14-12)15-11(16)5-4-10-3-2-8-17-10/h2-9H,1H3,(H,13,14)(H,15,16)/b5-4+. The molecule has 0 aromatic carbocycles. The van der Waals surface area contributed by atoms with Gasteiger partial charge in [0.15, 0.2) is 0 Å². The number of amides is 1. The van der Waals surface area contributed by atoms with E-state index in [1.807, 2.05) is 24.4 Å². The van der Waals surface area contributed by atoms with Crippen molar-refractivity contribution in [3.63, 3.8) is 0 Å². The molecule has 0 saturated carbocycles. The Kier molecular flexibility index (Phi) is 3.72. The highest BCUT2D eigenvalue weighted by molar-refractivity contribution is 7.10. The number of H-pyrrole nitrogens is 1. The third kappa shape index (κ3) is 3.29. The predicted molar refractivity (Wildman–Crippen MR) is 68.5 cm³/mol. The minimum absolute atomic E-state index is 0.120. The van der Waals surface area contributed by atoms with Crippen molar-refractivity contribution < 1.29 is 4.79 Å². The molecule has 0 fully saturated rings. The van der Waals surface area contributed by atoms with E-state index >= 15 is 0 Å². The molecule has 1 unspecified atom stereocenters. The molecule has 88 valence electrons. The van der Waals surface area contributed by atoms with E-state index in [1.54, 1.807) is 29.8 Å². The molecule has 0 aliphatic heterocycles. The number of hydrogen-bond donors (Lipinski definition) is 2. The third-order valence-electron chi connectivity index (χ3n) is 2.23. The van der Waals surface area contributed by atoms with Gasteiger partial charge in [-0.3, -0.25) is 4.79 Å². The fourth-order valence-electron chi connectivity index (χ4n) is 1.39. The summed E-state index contributed by atoms with van der Waals surface area (Å²) in [5, 5.41) is 4.81. The first-order valence-corrected chi connectivity index (χ1v) is 6.15. The summed E-state index contributed by atoms with van der Waals surface area (Å²) in [5.74, 6) is 0.630. The summed E-state index contributed by atoms with van der Waals surface area (Å²) in [7, 11) is 0. The van der Waals surface area contributed by atoms with E-state index in [4.69, 9.17) is 0 Å². The van der Waals surface area contributed by atoms with Gasteiger partial charge in [-0.2, -0.15) is 0 Å². The molecule has 2 heterocycles. The molecule has 5 heteroatoms. The van der Waals surface area contributed by atoms with Gasteiger partial charge in [-0.15, -0.1) is 11.3 Å². The number of hydrogen-bond acceptors (Lipinski definition) is 3. The molecule has 4 nitrogen and oxygen atoms in total. The van der Waals surface area contributed by atoms with Crippen LogP contribution in [-0.2, 0) is 4.79 Å². The maximum absolute atomic E-state index is 11.6. The number of nitrogens with one attached hydrogen (secondary N) is 2. The summed E-state index contributed by atoms with van der Waals surface area (Å²) >= 11 is 1.60. The smallest absolute Gasteiger partial charge is 0.244 e. The average Bonchev–Trinajstić information content (AvgIpc) is 2.99. The summed E-state index contributed by atoms with van der Waals surface area (Å²) < 4.78 is 0. The lowest BCUT2D eigenvalue weighted by atomic mass is 10.3. The van der Waals surface area contributed by atoms with E-state index < -0.39 is 0 Å². The lowest BCUT2D eigenvalue weighted by Crippen LogP contribution is -2.25. The van der Waals surface area contributed by atoms with Crippen LogP contribution >= 0.6 is 11.3 Å². The summed E-state index contributed by atoms with van der Waals surface area (Å²) in [6.07, 6.45) is 6.74. The molecule has 2 rings (SSSR count). The SMILES string of the molecule is CC(NC(=O)/C=C/c1cccs1)c1ncc[nH]1. The molecule has 17 heavy (non-hydrogen) atoms. The van der Waals surface area contributed by atoms with Gasteiger partial charge in [0.2, 0.25) is 5.91 Å². The number of nitrogens with zero attached hydrogens (tertiary/aromatic N) is 1. The summed E-state index contributed by atoms with van der Waals surface area (Å²) in [6, 6.07) is 3.79. The Balaban J connectivity index is 1.89. The summed E-state index contributed by atoms with van der Waals surface area (Å²) in [5.41, 5.74) is 0. The van der Waals surface area contributed by atoms with Gasteiger partial charge in [-0.05, 0) is 24.4 Å². The molecule has 2 N–H and O–H groups in total. The topological polar surface area (TPSA) is 57.8 Å². The second-order valence-corrected chi connectivity index (χ2v) is 4.53. The van der Waals surface area contributed by atoms with Crippen molar-refractivity contribution in [1.29, 1.82) is 0 Å². The quantitative estimate of drug-likeness (QED) is 0.815. The lowest BCUT2D eigenvalue weighted by molar-refractivity contribution is -0.117. The highest BCUT2D eigenvalue weighted by Gasteiger charge is 2.08. The number of carbonyl (C=O) groups is 1. The van der Waals surface area contributed by atoms with Crippen LogP contribution < -0.4 is 5.32 Å². The number of imidazole rings is 1. The molecule has 1 atom stereocenters. The van der Waals surface area contributed by atoms with Crippen LogP contribution in [0.15, 0.2) is 36.0 Å². The molecule has 1 amide bonds. The van der Waals surface area contributed by atoms with Gasteiger partial charge in [-0.25, -0.2) is 4.98 Å². The molecule has 0 saturated heterocycles. The zero-order valence-electron chi connectivity index (χ0n) is 9.38. The van der Waals surface area contributed by atoms with Crippen LogP contribution in [0, 0.1) is 0 Å². The predicted octanol–water partition coefficient (Wildman–Crippen LogP) is 2.36. The van der Waals surface area contributed by atoms with Gasteiger partial charge in [-0.1, -0.05) is 6.07 Å². The van der Waals surface area contributed by atoms with Crippen LogP contribution in [0.4, 0.5) is 0 Å². The maximum atomic E-state index is 11.6. The van der Waals surface area contributed by atoms with Gasteiger partial charge < -0.3 is 10.3 Å². The number of carbonyl (C=O) groups excluding carboxylic acids is 1. The fraction of sp³-hybridized carbons (Fsp3) is 0.167. The van der Waals surface area contributed by atoms with Gasteiger partial charge in [0.05, 0.1) is 6.04 Å². The highest BCUT2D eigenvalue weighted by atomic mass is 32.1. The van der Waals surface area contributed by atoms with Crippen LogP contribution in [0.5, 0.6) is 0 Å². The highest BCUT2D eigenvalue weighted by Crippen LogP contribution is 2.10. The zero-order chi connectivity index (χ0) is 12.1. The van der Waals surface area contributed by atoms with Crippen molar-refractivity contribution in [1.82, 2.24) is 15.3 Å². The Bertz CT molecular complexity index is 488. The first-order valence-electron chi connectivity index (χ1n) is 5.27. The Labute approximate surface area is 103 Å². The monoisotopic (exact) mass is 247 g/mol. The fourth-order valence-corrected chi connectivity index (χ4v) is 2.01. The summed E-state index contributed by atoms with van der Waals surface area (Å²) in [6.45, 7) is 1.88. The molecule has 2 aromatic rings. The lowest BCUT2D eigenvalue weighted by Gasteiger charge is -2.08. The molecule has 2 aromatic heterocycles. The van der Waals surface area contributed by atoms with E-state index in [-0.39, 0.29) is 11.9 Å². The molecule has 0 bridgehead atoms. The number of aromatic amines is 1. The Hall–Kier alpha value is -1.88. The van der Waals surface area contributed by atoms with Crippen molar-refractivity contribution in [2.24, 2.45) is 0 Å². The van der Waals surface area contributed by atoms with Crippen molar-refractivity contribution >= 4 is 23.3 Å². The van der Waals surface area contributed by atoms with E-state index in [1.165, 1.54) is 6.08 Å². The second-order valence-electron chi connectivity index (χ2n) is 3.55. The molecular weight excluding hydrogens is 234 g/mol. The van der Waals surface area contributed by atoms with E-state index in [9.17, 15) is 4.79 Å². The molecule has 0 spiro atoms. The van der Waals surface area contributed by atoms with Crippen molar-refractivity contribution in [3.05, 3.63) is 46.7 Å². The molecule has 0 radical (unpaired) electrons. The molecule has 0 aliphatic rings. The number of aromatic nitrogens is 2. The van der Waals surface area contributed by atoms with Crippen LogP contribution in [0.25, 0.3) is 6.08 Å². The number of thiophene rings is 1. The Morgan fingerprint density at radius 3 is 3.18 bits per heavy atom. The maximum Gasteiger partial charge on any atom is 0.244 e. The van der Waals surface area contributed by atoms with Crippen molar-refractivity contribution in [2.75, 3.05) is 0 Å². The van der Waals surface area contributed by atoms with E-state index in [0.717, 1.165) is 10.7 Å². The average molecular weight is 247 g/mol. The van der Waals surface area contributed by atoms with Gasteiger partial charge in [0.25, 0.3) is 0 Å². The number of rotatable bonds is 4. The van der Waals surface area contributed by atoms with Gasteiger partial charge in [0.1, 0.15) is 5.82 Å². The van der Waals surface area contributed by atoms with Gasteiger partial charge >= 0.3 is 0 Å². The first-order chi connectivity index (χ1) is 8.25. The summed E-state index contributed by atoms with van der Waals surface area (Å²) in [4.78, 5) is 19.7. The zero-order valence-corrected chi connectivity index (χ0v) is 10.2. The van der Waals surface area contributed by atoms with E-state index in [0.29, 0.717) is 0 Å². The first kappa shape index (κ1) is 11.6. The molecule has 0 aliphatic carbocycles.